The van der Waals surface area contributed by atoms with Crippen molar-refractivity contribution >= 4 is 11.6 Å². The van der Waals surface area contributed by atoms with Crippen molar-refractivity contribution in [2.45, 2.75) is 45.7 Å². The number of allylic oxidation sites excluding steroid dienone is 1. The van der Waals surface area contributed by atoms with Gasteiger partial charge in [-0.1, -0.05) is 18.7 Å². The van der Waals surface area contributed by atoms with Crippen molar-refractivity contribution in [1.82, 2.24) is 15.1 Å². The summed E-state index contributed by atoms with van der Waals surface area (Å²) in [4.78, 5) is 16.5. The van der Waals surface area contributed by atoms with E-state index in [0.717, 1.165) is 43.6 Å². The summed E-state index contributed by atoms with van der Waals surface area (Å²) in [5.41, 5.74) is 2.05. The van der Waals surface area contributed by atoms with Gasteiger partial charge in [0.15, 0.2) is 0 Å². The quantitative estimate of drug-likeness (QED) is 0.851. The maximum Gasteiger partial charge on any atom is 0.317 e. The van der Waals surface area contributed by atoms with Crippen molar-refractivity contribution in [2.24, 2.45) is 0 Å². The number of nitrogens with zero attached hydrogens (tertiary/aromatic N) is 2. The summed E-state index contributed by atoms with van der Waals surface area (Å²) in [6.07, 6.45) is 1.90. The van der Waals surface area contributed by atoms with Crippen LogP contribution in [0.4, 0.5) is 9.18 Å². The minimum Gasteiger partial charge on any atom is -0.338 e. The average Bonchev–Trinajstić information content (AvgIpc) is 2.58. The van der Waals surface area contributed by atoms with Gasteiger partial charge in [0.25, 0.3) is 0 Å². The Bertz CT molecular complexity index is 587. The van der Waals surface area contributed by atoms with Crippen LogP contribution >= 0.6 is 0 Å². The molecule has 0 saturated carbocycles. The first-order valence-electron chi connectivity index (χ1n) is 9.14. The molecule has 1 aliphatic rings. The van der Waals surface area contributed by atoms with Crippen LogP contribution in [0.15, 0.2) is 30.8 Å². The molecule has 1 aromatic rings. The fourth-order valence-corrected chi connectivity index (χ4v) is 3.37. The molecule has 138 valence electrons. The lowest BCUT2D eigenvalue weighted by Crippen LogP contribution is -2.60. The maximum absolute atomic E-state index is 13.0. The van der Waals surface area contributed by atoms with Crippen LogP contribution < -0.4 is 5.32 Å². The van der Waals surface area contributed by atoms with E-state index < -0.39 is 0 Å². The van der Waals surface area contributed by atoms with Crippen LogP contribution in [-0.2, 0) is 0 Å². The number of piperazine rings is 1. The van der Waals surface area contributed by atoms with Gasteiger partial charge in [-0.2, -0.15) is 0 Å². The number of rotatable bonds is 6. The van der Waals surface area contributed by atoms with Gasteiger partial charge in [-0.15, -0.1) is 0 Å². The van der Waals surface area contributed by atoms with Crippen molar-refractivity contribution in [2.75, 3.05) is 26.2 Å². The van der Waals surface area contributed by atoms with Gasteiger partial charge in [0, 0.05) is 31.7 Å². The Morgan fingerprint density at radius 3 is 2.56 bits per heavy atom. The summed E-state index contributed by atoms with van der Waals surface area (Å²) in [7, 11) is 0. The molecule has 0 spiro atoms. The number of hydrogen-bond donors (Lipinski definition) is 1. The summed E-state index contributed by atoms with van der Waals surface area (Å²) < 4.78 is 13.0. The Balaban J connectivity index is 1.80. The molecule has 1 aromatic carbocycles. The van der Waals surface area contributed by atoms with E-state index in [-0.39, 0.29) is 17.9 Å². The molecule has 1 saturated heterocycles. The van der Waals surface area contributed by atoms with Crippen LogP contribution in [0, 0.1) is 5.82 Å². The van der Waals surface area contributed by atoms with E-state index in [1.807, 2.05) is 11.8 Å². The normalized spacial score (nSPS) is 21.2. The fourth-order valence-electron chi connectivity index (χ4n) is 3.37. The minimum absolute atomic E-state index is 0.0335. The van der Waals surface area contributed by atoms with E-state index in [2.05, 4.69) is 30.6 Å². The van der Waals surface area contributed by atoms with Crippen LogP contribution in [-0.4, -0.2) is 54.1 Å². The Kier molecular flexibility index (Phi) is 7.00. The lowest BCUT2D eigenvalue weighted by molar-refractivity contribution is 0.0630. The molecular formula is C20H30FN3O. The highest BCUT2D eigenvalue weighted by Gasteiger charge is 2.31. The molecule has 0 bridgehead atoms. The highest BCUT2D eigenvalue weighted by Crippen LogP contribution is 2.20. The monoisotopic (exact) mass is 347 g/mol. The molecule has 2 rings (SSSR count). The first-order chi connectivity index (χ1) is 11.9. The highest BCUT2D eigenvalue weighted by atomic mass is 19.1. The minimum atomic E-state index is -0.218. The highest BCUT2D eigenvalue weighted by molar-refractivity contribution is 5.74. The Morgan fingerprint density at radius 2 is 1.92 bits per heavy atom. The van der Waals surface area contributed by atoms with Crippen LogP contribution in [0.25, 0.3) is 5.57 Å². The molecule has 1 aliphatic heterocycles. The summed E-state index contributed by atoms with van der Waals surface area (Å²) in [5.74, 6) is -0.218. The lowest BCUT2D eigenvalue weighted by atomic mass is 10.0. The molecule has 4 nitrogen and oxygen atoms in total. The van der Waals surface area contributed by atoms with E-state index in [1.54, 1.807) is 12.1 Å². The van der Waals surface area contributed by atoms with Crippen molar-refractivity contribution < 1.29 is 9.18 Å². The molecule has 2 atom stereocenters. The van der Waals surface area contributed by atoms with Gasteiger partial charge in [0.2, 0.25) is 0 Å². The first-order valence-corrected chi connectivity index (χ1v) is 9.14. The number of nitrogens with one attached hydrogen (secondary N) is 1. The number of carbonyl (C=O) groups excluding carboxylic acids is 1. The largest absolute Gasteiger partial charge is 0.338 e. The van der Waals surface area contributed by atoms with Gasteiger partial charge < -0.3 is 10.2 Å². The Labute approximate surface area is 150 Å². The third kappa shape index (κ3) is 5.30. The van der Waals surface area contributed by atoms with E-state index in [0.29, 0.717) is 12.6 Å². The summed E-state index contributed by atoms with van der Waals surface area (Å²) >= 11 is 0. The molecule has 0 unspecified atom stereocenters. The lowest BCUT2D eigenvalue weighted by Gasteiger charge is -2.44. The Hall–Kier alpha value is -1.88. The predicted molar refractivity (Wildman–Crippen MR) is 101 cm³/mol. The van der Waals surface area contributed by atoms with Gasteiger partial charge in [-0.3, -0.25) is 4.90 Å². The molecule has 1 N–H and O–H groups in total. The number of hydrogen-bond acceptors (Lipinski definition) is 2. The van der Waals surface area contributed by atoms with E-state index in [9.17, 15) is 9.18 Å². The number of carbonyl (C=O) groups is 1. The summed E-state index contributed by atoms with van der Waals surface area (Å²) in [5, 5.41) is 2.89. The van der Waals surface area contributed by atoms with Crippen molar-refractivity contribution in [3.63, 3.8) is 0 Å². The van der Waals surface area contributed by atoms with E-state index in [1.165, 1.54) is 12.1 Å². The number of urea groups is 1. The fraction of sp³-hybridized carbons (Fsp3) is 0.550. The van der Waals surface area contributed by atoms with Crippen molar-refractivity contribution in [3.8, 4) is 0 Å². The average molecular weight is 347 g/mol. The van der Waals surface area contributed by atoms with Crippen LogP contribution in [0.3, 0.4) is 0 Å². The van der Waals surface area contributed by atoms with Gasteiger partial charge in [-0.05, 0) is 63.4 Å². The first kappa shape index (κ1) is 19.4. The second kappa shape index (κ2) is 8.99. The molecule has 0 radical (unpaired) electrons. The van der Waals surface area contributed by atoms with Gasteiger partial charge >= 0.3 is 6.03 Å². The third-order valence-electron chi connectivity index (χ3n) is 4.88. The van der Waals surface area contributed by atoms with Crippen LogP contribution in [0.2, 0.25) is 0 Å². The van der Waals surface area contributed by atoms with Crippen LogP contribution in [0.5, 0.6) is 0 Å². The third-order valence-corrected chi connectivity index (χ3v) is 4.88. The number of halogens is 1. The topological polar surface area (TPSA) is 35.6 Å². The molecular weight excluding hydrogens is 317 g/mol. The zero-order chi connectivity index (χ0) is 18.4. The maximum atomic E-state index is 13.0. The molecule has 0 aliphatic carbocycles. The van der Waals surface area contributed by atoms with E-state index >= 15 is 0 Å². The second-order valence-corrected chi connectivity index (χ2v) is 6.89. The SMILES string of the molecule is C=C(CCCN1C[C@@H](C)N(C(=O)NCC)C[C@@H]1C)c1ccc(F)cc1. The van der Waals surface area contributed by atoms with Gasteiger partial charge in [-0.25, -0.2) is 9.18 Å². The summed E-state index contributed by atoms with van der Waals surface area (Å²) in [6.45, 7) is 13.6. The second-order valence-electron chi connectivity index (χ2n) is 6.89. The smallest absolute Gasteiger partial charge is 0.317 e. The molecule has 2 amide bonds. The molecule has 0 aromatic heterocycles. The zero-order valence-electron chi connectivity index (χ0n) is 15.6. The Morgan fingerprint density at radius 1 is 1.24 bits per heavy atom. The zero-order valence-corrected chi connectivity index (χ0v) is 15.6. The molecule has 5 heteroatoms. The van der Waals surface area contributed by atoms with Crippen molar-refractivity contribution in [1.29, 1.82) is 0 Å². The summed E-state index contributed by atoms with van der Waals surface area (Å²) in [6, 6.07) is 7.11. The number of benzene rings is 1. The molecule has 1 heterocycles. The van der Waals surface area contributed by atoms with E-state index in [4.69, 9.17) is 0 Å². The standard InChI is InChI=1S/C20H30FN3O/c1-5-22-20(25)24-14-16(3)23(13-17(24)4)12-6-7-15(2)18-8-10-19(21)11-9-18/h8-11,16-17H,2,5-7,12-14H2,1,3-4H3,(H,22,25)/t16-,17+/m0/s1. The van der Waals surface area contributed by atoms with Crippen LogP contribution in [0.1, 0.15) is 39.2 Å². The number of amides is 2. The predicted octanol–water partition coefficient (Wildman–Crippen LogP) is 3.74. The molecule has 1 fully saturated rings. The molecule has 25 heavy (non-hydrogen) atoms. The van der Waals surface area contributed by atoms with Gasteiger partial charge in [0.05, 0.1) is 0 Å². The van der Waals surface area contributed by atoms with Gasteiger partial charge in [0.1, 0.15) is 5.82 Å². The van der Waals surface area contributed by atoms with Crippen molar-refractivity contribution in [3.05, 3.63) is 42.2 Å².